The molecule has 2 fully saturated rings. The van der Waals surface area contributed by atoms with Crippen LogP contribution in [0, 0.1) is 5.92 Å². The number of benzene rings is 4. The fourth-order valence-electron chi connectivity index (χ4n) is 8.48. The second-order valence-electron chi connectivity index (χ2n) is 12.6. The molecule has 0 radical (unpaired) electrons. The van der Waals surface area contributed by atoms with E-state index in [-0.39, 0.29) is 23.7 Å². The number of ketones is 1. The molecular weight excluding hydrogens is 656 g/mol. The van der Waals surface area contributed by atoms with Crippen molar-refractivity contribution in [2.24, 2.45) is 5.92 Å². The number of methoxy groups -OCH3 is 1. The average Bonchev–Trinajstić information content (AvgIpc) is 3.87. The second kappa shape index (κ2) is 10.6. The van der Waals surface area contributed by atoms with Gasteiger partial charge in [-0.15, -0.1) is 5.53 Å². The summed E-state index contributed by atoms with van der Waals surface area (Å²) in [5.74, 6) is 0.0275. The molecule has 4 aromatic carbocycles. The summed E-state index contributed by atoms with van der Waals surface area (Å²) in [6.07, 6.45) is 1.77. The van der Waals surface area contributed by atoms with Gasteiger partial charge in [0.05, 0.1) is 29.9 Å². The molecule has 1 aromatic heterocycles. The number of ether oxygens (including phenoxy) is 1. The lowest BCUT2D eigenvalue weighted by Crippen LogP contribution is -2.52. The number of pyridine rings is 1. The summed E-state index contributed by atoms with van der Waals surface area (Å²) in [6, 6.07) is 31.3. The monoisotopic (exact) mass is 686 g/mol. The molecule has 5 heterocycles. The third-order valence-electron chi connectivity index (χ3n) is 10.4. The largest absolute Gasteiger partial charge is 0.497 e. The number of Topliss-reactive ketones (excluding diaryl/α,β-unsaturated/α-hetero) is 1. The minimum absolute atomic E-state index is 0.0783. The van der Waals surface area contributed by atoms with Gasteiger partial charge >= 0.3 is 0 Å². The van der Waals surface area contributed by atoms with E-state index < -0.39 is 11.5 Å². The lowest BCUT2D eigenvalue weighted by atomic mass is 9.68. The Labute approximate surface area is 280 Å². The van der Waals surface area contributed by atoms with Gasteiger partial charge < -0.3 is 15.5 Å². The van der Waals surface area contributed by atoms with Crippen molar-refractivity contribution in [3.8, 4) is 5.75 Å². The number of aromatic nitrogens is 1. The van der Waals surface area contributed by atoms with Crippen molar-refractivity contribution in [1.82, 2.24) is 15.4 Å². The Morgan fingerprint density at radius 2 is 1.79 bits per heavy atom. The Balaban J connectivity index is 1.32. The van der Waals surface area contributed by atoms with Gasteiger partial charge in [0.1, 0.15) is 11.3 Å². The highest BCUT2D eigenvalue weighted by Gasteiger charge is 2.69. The zero-order valence-electron chi connectivity index (χ0n) is 25.5. The summed E-state index contributed by atoms with van der Waals surface area (Å²) in [7, 11) is 1.61. The molecule has 4 aliphatic heterocycles. The van der Waals surface area contributed by atoms with Crippen LogP contribution in [0.1, 0.15) is 40.2 Å². The van der Waals surface area contributed by atoms with Gasteiger partial charge in [0.2, 0.25) is 5.91 Å². The molecular formula is C37H31BrN6O3. The van der Waals surface area contributed by atoms with Crippen molar-refractivity contribution >= 4 is 61.4 Å². The third kappa shape index (κ3) is 4.05. The van der Waals surface area contributed by atoms with Crippen LogP contribution in [-0.4, -0.2) is 41.3 Å². The number of nitrogens with one attached hydrogen (secondary N) is 3. The molecule has 2 saturated heterocycles. The van der Waals surface area contributed by atoms with Gasteiger partial charge in [-0.05, 0) is 86.1 Å². The zero-order chi connectivity index (χ0) is 31.9. The lowest BCUT2D eigenvalue weighted by Gasteiger charge is -2.37. The normalized spacial score (nSPS) is 24.3. The molecule has 4 atom stereocenters. The van der Waals surface area contributed by atoms with E-state index in [2.05, 4.69) is 49.2 Å². The van der Waals surface area contributed by atoms with E-state index in [1.165, 1.54) is 0 Å². The first-order valence-corrected chi connectivity index (χ1v) is 16.7. The predicted molar refractivity (Wildman–Crippen MR) is 185 cm³/mol. The van der Waals surface area contributed by atoms with Gasteiger partial charge in [-0.25, -0.2) is 9.99 Å². The SMILES string of the molecule is COc1ccc(C(=O)C2C(c3cc4ccccc4nc3N3NNc4ccccc43)C3CCCN3C23C(=O)Nc2ccc(Br)cc23)cc1. The van der Waals surface area contributed by atoms with Crippen LogP contribution in [0.15, 0.2) is 102 Å². The van der Waals surface area contributed by atoms with Crippen molar-refractivity contribution < 1.29 is 14.3 Å². The highest BCUT2D eigenvalue weighted by molar-refractivity contribution is 9.10. The summed E-state index contributed by atoms with van der Waals surface area (Å²) >= 11 is 3.68. The van der Waals surface area contributed by atoms with E-state index in [1.54, 1.807) is 7.11 Å². The molecule has 0 aliphatic carbocycles. The van der Waals surface area contributed by atoms with Crippen molar-refractivity contribution in [3.05, 3.63) is 118 Å². The van der Waals surface area contributed by atoms with Crippen molar-refractivity contribution in [2.45, 2.75) is 30.3 Å². The Hall–Kier alpha value is -4.77. The summed E-state index contributed by atoms with van der Waals surface area (Å²) in [5.41, 5.74) is 11.2. The van der Waals surface area contributed by atoms with E-state index in [0.29, 0.717) is 23.7 Å². The smallest absolute Gasteiger partial charge is 0.250 e. The molecule has 9 rings (SSSR count). The summed E-state index contributed by atoms with van der Waals surface area (Å²) in [4.78, 5) is 37.5. The highest BCUT2D eigenvalue weighted by atomic mass is 79.9. The van der Waals surface area contributed by atoms with Gasteiger partial charge in [0, 0.05) is 44.2 Å². The van der Waals surface area contributed by atoms with E-state index in [9.17, 15) is 4.79 Å². The van der Waals surface area contributed by atoms with Crippen molar-refractivity contribution in [3.63, 3.8) is 0 Å². The maximum Gasteiger partial charge on any atom is 0.250 e. The fraction of sp³-hybridized carbons (Fsp3) is 0.216. The lowest BCUT2D eigenvalue weighted by molar-refractivity contribution is -0.127. The van der Waals surface area contributed by atoms with Crippen molar-refractivity contribution in [2.75, 3.05) is 29.4 Å². The highest BCUT2D eigenvalue weighted by Crippen LogP contribution is 2.62. The van der Waals surface area contributed by atoms with Crippen LogP contribution in [0.2, 0.25) is 0 Å². The van der Waals surface area contributed by atoms with E-state index in [1.807, 2.05) is 89.9 Å². The number of hydrazine groups is 2. The Morgan fingerprint density at radius 3 is 2.64 bits per heavy atom. The number of nitrogens with zero attached hydrogens (tertiary/aromatic N) is 3. The van der Waals surface area contributed by atoms with Crippen LogP contribution in [0.25, 0.3) is 10.9 Å². The fourth-order valence-corrected chi connectivity index (χ4v) is 8.84. The van der Waals surface area contributed by atoms with Crippen LogP contribution in [-0.2, 0) is 10.3 Å². The predicted octanol–water partition coefficient (Wildman–Crippen LogP) is 6.90. The molecule has 4 aliphatic rings. The quantitative estimate of drug-likeness (QED) is 0.172. The van der Waals surface area contributed by atoms with Gasteiger partial charge in [-0.2, -0.15) is 0 Å². The minimum atomic E-state index is -1.21. The first-order chi connectivity index (χ1) is 23.0. The average molecular weight is 688 g/mol. The van der Waals surface area contributed by atoms with E-state index in [4.69, 9.17) is 9.72 Å². The summed E-state index contributed by atoms with van der Waals surface area (Å²) < 4.78 is 6.28. The molecule has 9 nitrogen and oxygen atoms in total. The molecule has 1 amide bonds. The van der Waals surface area contributed by atoms with Gasteiger partial charge in [0.15, 0.2) is 11.6 Å². The zero-order valence-corrected chi connectivity index (χ0v) is 27.1. The van der Waals surface area contributed by atoms with E-state index >= 15 is 4.79 Å². The molecule has 0 bridgehead atoms. The van der Waals surface area contributed by atoms with Gasteiger partial charge in [0.25, 0.3) is 0 Å². The number of fused-ring (bicyclic) bond motifs is 6. The van der Waals surface area contributed by atoms with Crippen LogP contribution >= 0.6 is 15.9 Å². The summed E-state index contributed by atoms with van der Waals surface area (Å²) in [5, 5.41) is 6.13. The van der Waals surface area contributed by atoms with Crippen LogP contribution in [0.5, 0.6) is 5.75 Å². The molecule has 234 valence electrons. The Bertz CT molecular complexity index is 2100. The van der Waals surface area contributed by atoms with Gasteiger partial charge in [-0.1, -0.05) is 46.3 Å². The third-order valence-corrected chi connectivity index (χ3v) is 10.9. The molecule has 1 spiro atoms. The number of carbonyl (C=O) groups excluding carboxylic acids is 2. The summed E-state index contributed by atoms with van der Waals surface area (Å²) in [6.45, 7) is 0.704. The number of para-hydroxylation sites is 3. The Kier molecular flexibility index (Phi) is 6.44. The van der Waals surface area contributed by atoms with Crippen LogP contribution < -0.4 is 26.0 Å². The van der Waals surface area contributed by atoms with E-state index in [0.717, 1.165) is 56.4 Å². The molecule has 3 N–H and O–H groups in total. The Morgan fingerprint density at radius 1 is 0.979 bits per heavy atom. The van der Waals surface area contributed by atoms with Crippen LogP contribution in [0.4, 0.5) is 22.9 Å². The number of hydrogen-bond donors (Lipinski definition) is 3. The number of halogens is 1. The number of amides is 1. The molecule has 4 unspecified atom stereocenters. The molecule has 10 heteroatoms. The number of carbonyl (C=O) groups is 2. The molecule has 5 aromatic rings. The maximum absolute atomic E-state index is 15.2. The first-order valence-electron chi connectivity index (χ1n) is 15.9. The number of rotatable bonds is 5. The molecule has 47 heavy (non-hydrogen) atoms. The molecule has 0 saturated carbocycles. The number of anilines is 4. The first kappa shape index (κ1) is 28.5. The minimum Gasteiger partial charge on any atom is -0.497 e. The number of hydrogen-bond acceptors (Lipinski definition) is 8. The standard InChI is InChI=1S/C37H31BrN6O3/c1-47-24-15-12-21(13-16-24)34(45)33-32(31-11-6-18-43(31)37(33)26-20-23(38)14-17-28(26)40-36(37)46)25-19-22-7-2-3-8-27(22)39-35(25)44-30-10-5-4-9-29(30)41-42-44/h2-5,7-10,12-17,19-20,31-33,41-42H,6,11,18H2,1H3,(H,40,46). The second-order valence-corrected chi connectivity index (χ2v) is 13.5. The van der Waals surface area contributed by atoms with Crippen molar-refractivity contribution in [1.29, 1.82) is 0 Å². The topological polar surface area (TPSA) is 98.8 Å². The van der Waals surface area contributed by atoms with Gasteiger partial charge in [-0.3, -0.25) is 14.5 Å². The maximum atomic E-state index is 15.2. The van der Waals surface area contributed by atoms with Crippen LogP contribution in [0.3, 0.4) is 0 Å².